The van der Waals surface area contributed by atoms with Crippen molar-refractivity contribution in [2.45, 2.75) is 13.5 Å². The van der Waals surface area contributed by atoms with Crippen LogP contribution in [0.4, 0.5) is 0 Å². The van der Waals surface area contributed by atoms with Crippen molar-refractivity contribution in [3.63, 3.8) is 0 Å². The maximum absolute atomic E-state index is 11.8. The first-order valence-corrected chi connectivity index (χ1v) is 5.43. The quantitative estimate of drug-likeness (QED) is 0.805. The van der Waals surface area contributed by atoms with E-state index in [4.69, 9.17) is 0 Å². The lowest BCUT2D eigenvalue weighted by molar-refractivity contribution is 0.658. The van der Waals surface area contributed by atoms with Gasteiger partial charge < -0.3 is 4.57 Å². The van der Waals surface area contributed by atoms with Crippen molar-refractivity contribution in [1.29, 1.82) is 0 Å². The summed E-state index contributed by atoms with van der Waals surface area (Å²) in [5.74, 6) is 0.708. The summed E-state index contributed by atoms with van der Waals surface area (Å²) < 4.78 is 3.73. The molecule has 0 fully saturated rings. The Kier molecular flexibility index (Phi) is 2.86. The highest BCUT2D eigenvalue weighted by molar-refractivity contribution is 9.10. The number of hydrogen-bond donors (Lipinski definition) is 0. The molecule has 0 aromatic carbocycles. The van der Waals surface area contributed by atoms with Gasteiger partial charge >= 0.3 is 0 Å². The third kappa shape index (κ3) is 1.90. The summed E-state index contributed by atoms with van der Waals surface area (Å²) in [5.41, 5.74) is 0.565. The van der Waals surface area contributed by atoms with Gasteiger partial charge in [-0.15, -0.1) is 10.2 Å². The SMILES string of the molecule is Cc1ncn(Cc2nncn2C)c(=O)c1Br. The largest absolute Gasteiger partial charge is 0.319 e. The molecule has 0 aliphatic carbocycles. The van der Waals surface area contributed by atoms with Gasteiger partial charge in [0.1, 0.15) is 10.8 Å². The average molecular weight is 284 g/mol. The van der Waals surface area contributed by atoms with Gasteiger partial charge in [-0.3, -0.25) is 9.36 Å². The molecule has 0 N–H and O–H groups in total. The highest BCUT2D eigenvalue weighted by Crippen LogP contribution is 2.06. The maximum atomic E-state index is 11.8. The monoisotopic (exact) mass is 283 g/mol. The third-order valence-electron chi connectivity index (χ3n) is 2.27. The average Bonchev–Trinajstić information content (AvgIpc) is 2.65. The first-order valence-electron chi connectivity index (χ1n) is 4.64. The van der Waals surface area contributed by atoms with Crippen LogP contribution >= 0.6 is 15.9 Å². The topological polar surface area (TPSA) is 65.6 Å². The summed E-state index contributed by atoms with van der Waals surface area (Å²) >= 11 is 3.21. The van der Waals surface area contributed by atoms with Crippen molar-refractivity contribution >= 4 is 15.9 Å². The van der Waals surface area contributed by atoms with Crippen LogP contribution in [0.5, 0.6) is 0 Å². The van der Waals surface area contributed by atoms with Crippen molar-refractivity contribution in [3.05, 3.63) is 39.0 Å². The predicted octanol–water partition coefficient (Wildman–Crippen LogP) is 0.491. The van der Waals surface area contributed by atoms with E-state index in [2.05, 4.69) is 31.1 Å². The molecule has 2 rings (SSSR count). The summed E-state index contributed by atoms with van der Waals surface area (Å²) in [6.45, 7) is 2.14. The van der Waals surface area contributed by atoms with Crippen LogP contribution in [0.2, 0.25) is 0 Å². The van der Waals surface area contributed by atoms with Crippen LogP contribution < -0.4 is 5.56 Å². The Balaban J connectivity index is 2.40. The predicted molar refractivity (Wildman–Crippen MR) is 61.0 cm³/mol. The van der Waals surface area contributed by atoms with Crippen LogP contribution in [0.15, 0.2) is 21.9 Å². The molecule has 0 saturated heterocycles. The fourth-order valence-electron chi connectivity index (χ4n) is 1.26. The number of rotatable bonds is 2. The molecule has 0 unspecified atom stereocenters. The Morgan fingerprint density at radius 3 is 2.81 bits per heavy atom. The zero-order valence-electron chi connectivity index (χ0n) is 8.88. The molecule has 0 aliphatic rings. The van der Waals surface area contributed by atoms with Crippen LogP contribution in [0.25, 0.3) is 0 Å². The molecule has 2 heterocycles. The second kappa shape index (κ2) is 4.17. The molecule has 7 heteroatoms. The highest BCUT2D eigenvalue weighted by atomic mass is 79.9. The first-order chi connectivity index (χ1) is 7.59. The van der Waals surface area contributed by atoms with Crippen molar-refractivity contribution in [2.24, 2.45) is 7.05 Å². The van der Waals surface area contributed by atoms with Gasteiger partial charge in [0.25, 0.3) is 5.56 Å². The fraction of sp³-hybridized carbons (Fsp3) is 0.333. The lowest BCUT2D eigenvalue weighted by Crippen LogP contribution is -2.23. The molecule has 2 aromatic heterocycles. The van der Waals surface area contributed by atoms with Gasteiger partial charge in [-0.25, -0.2) is 4.98 Å². The summed E-state index contributed by atoms with van der Waals surface area (Å²) in [5, 5.41) is 7.67. The van der Waals surface area contributed by atoms with Crippen molar-refractivity contribution in [2.75, 3.05) is 0 Å². The summed E-state index contributed by atoms with van der Waals surface area (Å²) in [7, 11) is 1.83. The van der Waals surface area contributed by atoms with Gasteiger partial charge in [-0.1, -0.05) is 0 Å². The molecular weight excluding hydrogens is 274 g/mol. The minimum Gasteiger partial charge on any atom is -0.319 e. The molecule has 0 spiro atoms. The zero-order chi connectivity index (χ0) is 11.7. The van der Waals surface area contributed by atoms with Crippen molar-refractivity contribution < 1.29 is 0 Å². The smallest absolute Gasteiger partial charge is 0.268 e. The summed E-state index contributed by atoms with van der Waals surface area (Å²) in [6.07, 6.45) is 3.11. The van der Waals surface area contributed by atoms with E-state index in [0.717, 1.165) is 0 Å². The van der Waals surface area contributed by atoms with E-state index >= 15 is 0 Å². The molecule has 84 valence electrons. The minimum absolute atomic E-state index is 0.115. The fourth-order valence-corrected chi connectivity index (χ4v) is 1.59. The highest BCUT2D eigenvalue weighted by Gasteiger charge is 2.08. The van der Waals surface area contributed by atoms with Crippen LogP contribution in [0.3, 0.4) is 0 Å². The molecule has 0 atom stereocenters. The molecule has 2 aromatic rings. The minimum atomic E-state index is -0.115. The molecule has 16 heavy (non-hydrogen) atoms. The third-order valence-corrected chi connectivity index (χ3v) is 3.19. The van der Waals surface area contributed by atoms with E-state index in [1.54, 1.807) is 17.8 Å². The van der Waals surface area contributed by atoms with Crippen LogP contribution in [0, 0.1) is 6.92 Å². The molecule has 0 aliphatic heterocycles. The molecule has 0 radical (unpaired) electrons. The second-order valence-electron chi connectivity index (χ2n) is 3.44. The van der Waals surface area contributed by atoms with E-state index in [-0.39, 0.29) is 5.56 Å². The Hall–Kier alpha value is -1.50. The van der Waals surface area contributed by atoms with E-state index in [0.29, 0.717) is 22.5 Å². The second-order valence-corrected chi connectivity index (χ2v) is 4.23. The molecule has 0 saturated carbocycles. The van der Waals surface area contributed by atoms with E-state index in [1.165, 1.54) is 10.9 Å². The number of nitrogens with zero attached hydrogens (tertiary/aromatic N) is 5. The Labute approximate surface area is 100 Å². The Morgan fingerprint density at radius 1 is 1.44 bits per heavy atom. The van der Waals surface area contributed by atoms with Crippen LogP contribution in [0.1, 0.15) is 11.5 Å². The van der Waals surface area contributed by atoms with Gasteiger partial charge in [-0.2, -0.15) is 0 Å². The van der Waals surface area contributed by atoms with Crippen LogP contribution in [-0.2, 0) is 13.6 Å². The summed E-state index contributed by atoms with van der Waals surface area (Å²) in [6, 6.07) is 0. The van der Waals surface area contributed by atoms with Gasteiger partial charge in [0.05, 0.1) is 18.6 Å². The number of aryl methyl sites for hydroxylation is 2. The van der Waals surface area contributed by atoms with Gasteiger partial charge in [0.15, 0.2) is 5.82 Å². The van der Waals surface area contributed by atoms with Gasteiger partial charge in [0, 0.05) is 7.05 Å². The van der Waals surface area contributed by atoms with Crippen molar-refractivity contribution in [1.82, 2.24) is 24.3 Å². The zero-order valence-corrected chi connectivity index (χ0v) is 10.5. The van der Waals surface area contributed by atoms with Crippen LogP contribution in [-0.4, -0.2) is 24.3 Å². The molecule has 6 nitrogen and oxygen atoms in total. The lowest BCUT2D eigenvalue weighted by atomic mass is 10.4. The summed E-state index contributed by atoms with van der Waals surface area (Å²) in [4.78, 5) is 16.0. The number of halogens is 1. The van der Waals surface area contributed by atoms with Crippen molar-refractivity contribution in [3.8, 4) is 0 Å². The van der Waals surface area contributed by atoms with Gasteiger partial charge in [0.2, 0.25) is 0 Å². The molecular formula is C9H10BrN5O. The Bertz CT molecular complexity index is 574. The van der Waals surface area contributed by atoms with E-state index in [9.17, 15) is 4.79 Å². The maximum Gasteiger partial charge on any atom is 0.268 e. The van der Waals surface area contributed by atoms with Gasteiger partial charge in [-0.05, 0) is 22.9 Å². The standard InChI is InChI=1S/C9H10BrN5O/c1-6-8(10)9(16)15(4-11-6)3-7-13-12-5-14(7)2/h4-5H,3H2,1-2H3. The first kappa shape index (κ1) is 11.0. The number of aromatic nitrogens is 5. The van der Waals surface area contributed by atoms with E-state index < -0.39 is 0 Å². The number of hydrogen-bond acceptors (Lipinski definition) is 4. The molecule has 0 amide bonds. The lowest BCUT2D eigenvalue weighted by Gasteiger charge is -2.05. The normalized spacial score (nSPS) is 10.7. The van der Waals surface area contributed by atoms with E-state index in [1.807, 2.05) is 7.05 Å². The Morgan fingerprint density at radius 2 is 2.19 bits per heavy atom. The molecule has 0 bridgehead atoms.